The van der Waals surface area contributed by atoms with Crippen molar-refractivity contribution in [2.75, 3.05) is 17.5 Å². The number of hydrogen-bond acceptors (Lipinski definition) is 3. The Hall–Kier alpha value is -0.603. The van der Waals surface area contributed by atoms with E-state index in [2.05, 4.69) is 56.5 Å². The van der Waals surface area contributed by atoms with Gasteiger partial charge in [0.1, 0.15) is 6.61 Å². The molecule has 0 spiro atoms. The standard InChI is InChI=1S/C20H32INO3Si/c1-20(2,3)26(4,5)25-18-11-17(12-21)13-22(14-18)19(23)24-15-16-9-7-6-8-10-16/h6-10,17-18H,11-15H2,1-5H3/t17-,18+/m1/s1. The molecule has 1 amide bonds. The highest BCUT2D eigenvalue weighted by Crippen LogP contribution is 2.38. The second kappa shape index (κ2) is 9.06. The lowest BCUT2D eigenvalue weighted by molar-refractivity contribution is 0.0351. The van der Waals surface area contributed by atoms with Crippen LogP contribution in [-0.4, -0.2) is 42.9 Å². The number of piperidine rings is 1. The number of likely N-dealkylation sites (tertiary alicyclic amines) is 1. The summed E-state index contributed by atoms with van der Waals surface area (Å²) in [7, 11) is -1.85. The number of hydrogen-bond donors (Lipinski definition) is 0. The van der Waals surface area contributed by atoms with E-state index < -0.39 is 8.32 Å². The van der Waals surface area contributed by atoms with Crippen LogP contribution in [0.2, 0.25) is 18.1 Å². The van der Waals surface area contributed by atoms with E-state index in [1.165, 1.54) is 0 Å². The van der Waals surface area contributed by atoms with Crippen LogP contribution in [0.4, 0.5) is 4.79 Å². The summed E-state index contributed by atoms with van der Waals surface area (Å²) in [6.45, 7) is 13.0. The molecule has 0 bridgehead atoms. The Morgan fingerprint density at radius 1 is 1.23 bits per heavy atom. The molecule has 0 saturated carbocycles. The van der Waals surface area contributed by atoms with Crippen LogP contribution in [-0.2, 0) is 15.8 Å². The first kappa shape index (κ1) is 21.7. The van der Waals surface area contributed by atoms with Crippen LogP contribution >= 0.6 is 22.6 Å². The first-order valence-corrected chi connectivity index (χ1v) is 13.7. The molecule has 1 heterocycles. The summed E-state index contributed by atoms with van der Waals surface area (Å²) in [6, 6.07) is 9.82. The highest BCUT2D eigenvalue weighted by Gasteiger charge is 2.41. The predicted molar refractivity (Wildman–Crippen MR) is 117 cm³/mol. The summed E-state index contributed by atoms with van der Waals surface area (Å²) in [4.78, 5) is 14.4. The van der Waals surface area contributed by atoms with Gasteiger partial charge in [0, 0.05) is 17.5 Å². The zero-order valence-corrected chi connectivity index (χ0v) is 19.8. The van der Waals surface area contributed by atoms with Crippen molar-refractivity contribution in [3.05, 3.63) is 35.9 Å². The number of halogens is 1. The summed E-state index contributed by atoms with van der Waals surface area (Å²) in [5, 5.41) is 0.170. The van der Waals surface area contributed by atoms with Gasteiger partial charge in [0.2, 0.25) is 0 Å². The third-order valence-electron chi connectivity index (χ3n) is 5.45. The Bertz CT molecular complexity index is 588. The number of rotatable bonds is 5. The number of nitrogens with zero attached hydrogens (tertiary/aromatic N) is 1. The van der Waals surface area contributed by atoms with Gasteiger partial charge in [-0.05, 0) is 36.0 Å². The maximum absolute atomic E-state index is 12.6. The van der Waals surface area contributed by atoms with Crippen LogP contribution in [0.5, 0.6) is 0 Å². The molecular weight excluding hydrogens is 457 g/mol. The van der Waals surface area contributed by atoms with Crippen LogP contribution in [0.1, 0.15) is 32.8 Å². The second-order valence-corrected chi connectivity index (χ2v) is 14.3. The minimum Gasteiger partial charge on any atom is -0.445 e. The molecule has 2 rings (SSSR count). The molecule has 0 aromatic heterocycles. The highest BCUT2D eigenvalue weighted by atomic mass is 127. The highest BCUT2D eigenvalue weighted by molar-refractivity contribution is 14.1. The van der Waals surface area contributed by atoms with Gasteiger partial charge in [-0.3, -0.25) is 0 Å². The van der Waals surface area contributed by atoms with E-state index in [0.29, 0.717) is 19.1 Å². The molecule has 26 heavy (non-hydrogen) atoms. The monoisotopic (exact) mass is 489 g/mol. The van der Waals surface area contributed by atoms with Crippen molar-refractivity contribution in [3.63, 3.8) is 0 Å². The molecule has 1 fully saturated rings. The molecule has 0 N–H and O–H groups in total. The number of ether oxygens (including phenoxy) is 1. The molecule has 1 aromatic rings. The fraction of sp³-hybridized carbons (Fsp3) is 0.650. The molecular formula is C20H32INO3Si. The molecule has 1 aliphatic heterocycles. The summed E-state index contributed by atoms with van der Waals surface area (Å²) >= 11 is 2.41. The lowest BCUT2D eigenvalue weighted by Gasteiger charge is -2.43. The van der Waals surface area contributed by atoms with E-state index in [1.807, 2.05) is 35.2 Å². The van der Waals surface area contributed by atoms with Gasteiger partial charge in [-0.1, -0.05) is 73.7 Å². The smallest absolute Gasteiger partial charge is 0.410 e. The quantitative estimate of drug-likeness (QED) is 0.313. The van der Waals surface area contributed by atoms with Gasteiger partial charge in [-0.2, -0.15) is 0 Å². The Morgan fingerprint density at radius 2 is 1.88 bits per heavy atom. The summed E-state index contributed by atoms with van der Waals surface area (Å²) < 4.78 is 13.2. The molecule has 0 radical (unpaired) electrons. The molecule has 4 nitrogen and oxygen atoms in total. The van der Waals surface area contributed by atoms with Crippen molar-refractivity contribution in [3.8, 4) is 0 Å². The SMILES string of the molecule is CC(C)(C)[Si](C)(C)O[C@H]1C[C@H](CI)CN(C(=O)OCc2ccccc2)C1. The van der Waals surface area contributed by atoms with Gasteiger partial charge < -0.3 is 14.1 Å². The maximum Gasteiger partial charge on any atom is 0.410 e. The zero-order valence-electron chi connectivity index (χ0n) is 16.6. The number of carbonyl (C=O) groups is 1. The van der Waals surface area contributed by atoms with Crippen LogP contribution < -0.4 is 0 Å². The van der Waals surface area contributed by atoms with Crippen LogP contribution in [0.15, 0.2) is 30.3 Å². The van der Waals surface area contributed by atoms with E-state index in [-0.39, 0.29) is 17.2 Å². The van der Waals surface area contributed by atoms with Crippen molar-refractivity contribution in [2.24, 2.45) is 5.92 Å². The van der Waals surface area contributed by atoms with Crippen molar-refractivity contribution in [1.82, 2.24) is 4.90 Å². The Kier molecular flexibility index (Phi) is 7.56. The van der Waals surface area contributed by atoms with E-state index in [1.54, 1.807) is 0 Å². The molecule has 1 saturated heterocycles. The van der Waals surface area contributed by atoms with Crippen molar-refractivity contribution < 1.29 is 14.0 Å². The molecule has 1 aliphatic rings. The minimum atomic E-state index is -1.85. The topological polar surface area (TPSA) is 38.8 Å². The van der Waals surface area contributed by atoms with E-state index >= 15 is 0 Å². The lowest BCUT2D eigenvalue weighted by Crippen LogP contribution is -2.52. The zero-order chi connectivity index (χ0) is 19.4. The molecule has 1 aromatic carbocycles. The predicted octanol–water partition coefficient (Wildman–Crippen LogP) is 5.47. The van der Waals surface area contributed by atoms with Crippen molar-refractivity contribution in [1.29, 1.82) is 0 Å². The number of benzene rings is 1. The Balaban J connectivity index is 1.98. The second-order valence-electron chi connectivity index (χ2n) is 8.70. The average Bonchev–Trinajstić information content (AvgIpc) is 2.58. The average molecular weight is 489 g/mol. The summed E-state index contributed by atoms with van der Waals surface area (Å²) in [6.07, 6.45) is 0.902. The van der Waals surface area contributed by atoms with Gasteiger partial charge in [-0.25, -0.2) is 4.79 Å². The fourth-order valence-corrected chi connectivity index (χ4v) is 4.90. The largest absolute Gasteiger partial charge is 0.445 e. The van der Waals surface area contributed by atoms with E-state index in [9.17, 15) is 4.79 Å². The van der Waals surface area contributed by atoms with Gasteiger partial charge >= 0.3 is 6.09 Å². The molecule has 2 atom stereocenters. The lowest BCUT2D eigenvalue weighted by atomic mass is 9.98. The molecule has 0 unspecified atom stereocenters. The number of carbonyl (C=O) groups excluding carboxylic acids is 1. The van der Waals surface area contributed by atoms with Crippen LogP contribution in [0.25, 0.3) is 0 Å². The normalized spacial score (nSPS) is 21.5. The third-order valence-corrected chi connectivity index (χ3v) is 11.2. The van der Waals surface area contributed by atoms with Gasteiger partial charge in [0.25, 0.3) is 0 Å². The van der Waals surface area contributed by atoms with E-state index in [0.717, 1.165) is 23.0 Å². The van der Waals surface area contributed by atoms with E-state index in [4.69, 9.17) is 9.16 Å². The third kappa shape index (κ3) is 5.95. The number of amides is 1. The van der Waals surface area contributed by atoms with Crippen LogP contribution in [0, 0.1) is 5.92 Å². The maximum atomic E-state index is 12.6. The van der Waals surface area contributed by atoms with Gasteiger partial charge in [-0.15, -0.1) is 0 Å². The molecule has 146 valence electrons. The van der Waals surface area contributed by atoms with Gasteiger partial charge in [0.15, 0.2) is 8.32 Å². The molecule has 6 heteroatoms. The van der Waals surface area contributed by atoms with Crippen molar-refractivity contribution >= 4 is 37.0 Å². The summed E-state index contributed by atoms with van der Waals surface area (Å²) in [5.41, 5.74) is 1.01. The van der Waals surface area contributed by atoms with Crippen LogP contribution in [0.3, 0.4) is 0 Å². The van der Waals surface area contributed by atoms with Crippen molar-refractivity contribution in [2.45, 2.75) is 58.0 Å². The first-order valence-electron chi connectivity index (χ1n) is 9.32. The number of alkyl halides is 1. The molecule has 0 aliphatic carbocycles. The summed E-state index contributed by atoms with van der Waals surface area (Å²) in [5.74, 6) is 0.461. The Morgan fingerprint density at radius 3 is 2.46 bits per heavy atom. The van der Waals surface area contributed by atoms with Gasteiger partial charge in [0.05, 0.1) is 6.10 Å². The Labute approximate surface area is 172 Å². The minimum absolute atomic E-state index is 0.105. The fourth-order valence-electron chi connectivity index (χ4n) is 2.90. The first-order chi connectivity index (χ1) is 12.1.